The number of carbonyl (C=O) groups excluding carboxylic acids is 1. The zero-order valence-corrected chi connectivity index (χ0v) is 16.3. The van der Waals surface area contributed by atoms with Crippen LogP contribution in [0.5, 0.6) is 11.5 Å². The number of carbonyl (C=O) groups is 1. The van der Waals surface area contributed by atoms with Crippen LogP contribution < -0.4 is 20.5 Å². The molecule has 0 saturated heterocycles. The molecule has 2 aromatic rings. The number of benzene rings is 1. The van der Waals surface area contributed by atoms with Crippen LogP contribution in [0.25, 0.3) is 11.3 Å². The van der Waals surface area contributed by atoms with Gasteiger partial charge in [0.1, 0.15) is 0 Å². The van der Waals surface area contributed by atoms with Gasteiger partial charge in [0.05, 0.1) is 18.9 Å². The van der Waals surface area contributed by atoms with Gasteiger partial charge in [-0.15, -0.1) is 0 Å². The first-order valence-electron chi connectivity index (χ1n) is 10.1. The van der Waals surface area contributed by atoms with Crippen LogP contribution in [-0.2, 0) is 18.4 Å². The van der Waals surface area contributed by atoms with Crippen molar-refractivity contribution in [1.29, 1.82) is 0 Å². The third-order valence-corrected chi connectivity index (χ3v) is 5.58. The van der Waals surface area contributed by atoms with Crippen molar-refractivity contribution >= 4 is 5.91 Å². The van der Waals surface area contributed by atoms with E-state index < -0.39 is 0 Å². The zero-order valence-electron chi connectivity index (χ0n) is 16.3. The van der Waals surface area contributed by atoms with Gasteiger partial charge in [0, 0.05) is 49.3 Å². The molecule has 1 aromatic heterocycles. The van der Waals surface area contributed by atoms with Crippen molar-refractivity contribution in [3.63, 3.8) is 0 Å². The van der Waals surface area contributed by atoms with Gasteiger partial charge in [0.15, 0.2) is 11.5 Å². The molecule has 1 aromatic carbocycles. The standard InChI is InChI=1S/C21H28N4O3/c1-25-13-16(12-23-17-5-2-4-15(10-17)21(22)26)20(24-25)14-6-7-18-19(11-14)28-9-3-8-27-18/h6-7,11,13,15,17,23H,2-5,8-10,12H2,1H3,(H2,22,26). The molecule has 3 N–H and O–H groups in total. The lowest BCUT2D eigenvalue weighted by atomic mass is 9.85. The van der Waals surface area contributed by atoms with Crippen molar-refractivity contribution in [2.45, 2.75) is 44.7 Å². The molecule has 0 radical (unpaired) electrons. The Balaban J connectivity index is 1.50. The lowest BCUT2D eigenvalue weighted by Crippen LogP contribution is -2.38. The molecule has 4 rings (SSSR count). The first-order valence-corrected chi connectivity index (χ1v) is 10.1. The predicted octanol–water partition coefficient (Wildman–Crippen LogP) is 2.38. The number of primary amides is 1. The molecule has 2 aliphatic rings. The number of amides is 1. The average molecular weight is 384 g/mol. The summed E-state index contributed by atoms with van der Waals surface area (Å²) < 4.78 is 13.4. The first-order chi connectivity index (χ1) is 13.6. The fourth-order valence-corrected chi connectivity index (χ4v) is 4.11. The number of nitrogens with two attached hydrogens (primary N) is 1. The molecule has 28 heavy (non-hydrogen) atoms. The van der Waals surface area contributed by atoms with Gasteiger partial charge in [0.25, 0.3) is 0 Å². The van der Waals surface area contributed by atoms with Gasteiger partial charge in [-0.25, -0.2) is 0 Å². The zero-order chi connectivity index (χ0) is 19.5. The molecule has 2 unspecified atom stereocenters. The van der Waals surface area contributed by atoms with Crippen molar-refractivity contribution in [2.75, 3.05) is 13.2 Å². The number of nitrogens with zero attached hydrogens (tertiary/aromatic N) is 2. The molecule has 7 heteroatoms. The summed E-state index contributed by atoms with van der Waals surface area (Å²) >= 11 is 0. The molecule has 2 heterocycles. The largest absolute Gasteiger partial charge is 0.490 e. The van der Waals surface area contributed by atoms with Crippen molar-refractivity contribution in [3.05, 3.63) is 30.0 Å². The topological polar surface area (TPSA) is 91.4 Å². The summed E-state index contributed by atoms with van der Waals surface area (Å²) in [6.45, 7) is 2.04. The molecule has 2 atom stereocenters. The quantitative estimate of drug-likeness (QED) is 0.826. The Hall–Kier alpha value is -2.54. The van der Waals surface area contributed by atoms with E-state index in [0.717, 1.165) is 60.4 Å². The van der Waals surface area contributed by atoms with E-state index in [0.29, 0.717) is 25.8 Å². The summed E-state index contributed by atoms with van der Waals surface area (Å²) in [5, 5.41) is 8.27. The van der Waals surface area contributed by atoms with Gasteiger partial charge in [-0.3, -0.25) is 9.48 Å². The molecule has 1 saturated carbocycles. The molecule has 7 nitrogen and oxygen atoms in total. The molecule has 0 bridgehead atoms. The Kier molecular flexibility index (Phi) is 5.52. The van der Waals surface area contributed by atoms with Crippen LogP contribution in [0.4, 0.5) is 0 Å². The number of nitrogens with one attached hydrogen (secondary N) is 1. The van der Waals surface area contributed by atoms with Crippen molar-refractivity contribution < 1.29 is 14.3 Å². The summed E-state index contributed by atoms with van der Waals surface area (Å²) in [6, 6.07) is 6.31. The normalized spacial score (nSPS) is 21.9. The highest BCUT2D eigenvalue weighted by Gasteiger charge is 2.25. The van der Waals surface area contributed by atoms with Crippen molar-refractivity contribution in [1.82, 2.24) is 15.1 Å². The molecule has 1 aliphatic carbocycles. The van der Waals surface area contributed by atoms with Crippen LogP contribution in [0.1, 0.15) is 37.7 Å². The van der Waals surface area contributed by atoms with Gasteiger partial charge in [-0.1, -0.05) is 6.42 Å². The molecular weight excluding hydrogens is 356 g/mol. The molecular formula is C21H28N4O3. The maximum Gasteiger partial charge on any atom is 0.220 e. The Morgan fingerprint density at radius 3 is 2.89 bits per heavy atom. The number of fused-ring (bicyclic) bond motifs is 1. The first kappa shape index (κ1) is 18.8. The van der Waals surface area contributed by atoms with E-state index in [1.807, 2.05) is 36.1 Å². The van der Waals surface area contributed by atoms with E-state index in [-0.39, 0.29) is 11.8 Å². The van der Waals surface area contributed by atoms with Crippen molar-refractivity contribution in [2.24, 2.45) is 18.7 Å². The summed E-state index contributed by atoms with van der Waals surface area (Å²) in [5.74, 6) is 1.37. The Morgan fingerprint density at radius 1 is 1.25 bits per heavy atom. The van der Waals surface area contributed by atoms with E-state index in [4.69, 9.17) is 15.2 Å². The van der Waals surface area contributed by atoms with E-state index in [9.17, 15) is 4.79 Å². The fraction of sp³-hybridized carbons (Fsp3) is 0.524. The summed E-state index contributed by atoms with van der Waals surface area (Å²) in [4.78, 5) is 11.5. The average Bonchev–Trinajstić information content (AvgIpc) is 2.92. The Morgan fingerprint density at radius 2 is 2.07 bits per heavy atom. The second kappa shape index (κ2) is 8.22. The predicted molar refractivity (Wildman–Crippen MR) is 106 cm³/mol. The lowest BCUT2D eigenvalue weighted by molar-refractivity contribution is -0.122. The number of rotatable bonds is 5. The van der Waals surface area contributed by atoms with Crippen LogP contribution in [-0.4, -0.2) is 34.9 Å². The van der Waals surface area contributed by atoms with Crippen molar-refractivity contribution in [3.8, 4) is 22.8 Å². The highest BCUT2D eigenvalue weighted by atomic mass is 16.5. The van der Waals surface area contributed by atoms with E-state index >= 15 is 0 Å². The Labute approximate surface area is 165 Å². The number of aryl methyl sites for hydroxylation is 1. The van der Waals surface area contributed by atoms with Gasteiger partial charge in [-0.05, 0) is 37.5 Å². The third kappa shape index (κ3) is 4.14. The van der Waals surface area contributed by atoms with E-state index in [2.05, 4.69) is 10.4 Å². The maximum atomic E-state index is 11.5. The highest BCUT2D eigenvalue weighted by molar-refractivity contribution is 5.76. The minimum Gasteiger partial charge on any atom is -0.490 e. The van der Waals surface area contributed by atoms with Crippen LogP contribution >= 0.6 is 0 Å². The smallest absolute Gasteiger partial charge is 0.220 e. The fourth-order valence-electron chi connectivity index (χ4n) is 4.11. The third-order valence-electron chi connectivity index (χ3n) is 5.58. The minimum atomic E-state index is -0.180. The number of hydrogen-bond acceptors (Lipinski definition) is 5. The van der Waals surface area contributed by atoms with Crippen LogP contribution in [0.3, 0.4) is 0 Å². The highest BCUT2D eigenvalue weighted by Crippen LogP contribution is 2.35. The molecule has 1 amide bonds. The van der Waals surface area contributed by atoms with Gasteiger partial charge in [-0.2, -0.15) is 5.10 Å². The van der Waals surface area contributed by atoms with Crippen LogP contribution in [0.2, 0.25) is 0 Å². The SMILES string of the molecule is Cn1cc(CNC2CCCC(C(N)=O)C2)c(-c2ccc3c(c2)OCCCO3)n1. The monoisotopic (exact) mass is 384 g/mol. The number of aromatic nitrogens is 2. The van der Waals surface area contributed by atoms with E-state index in [1.165, 1.54) is 0 Å². The summed E-state index contributed by atoms with van der Waals surface area (Å²) in [6.07, 6.45) is 6.75. The van der Waals surface area contributed by atoms with Gasteiger partial charge >= 0.3 is 0 Å². The lowest BCUT2D eigenvalue weighted by Gasteiger charge is -2.28. The number of hydrogen-bond donors (Lipinski definition) is 2. The molecule has 0 spiro atoms. The second-order valence-corrected chi connectivity index (χ2v) is 7.73. The van der Waals surface area contributed by atoms with E-state index in [1.54, 1.807) is 0 Å². The number of ether oxygens (including phenoxy) is 2. The summed E-state index contributed by atoms with van der Waals surface area (Å²) in [7, 11) is 1.93. The maximum absolute atomic E-state index is 11.5. The van der Waals surface area contributed by atoms with Crippen LogP contribution in [0, 0.1) is 5.92 Å². The Bertz CT molecular complexity index is 848. The molecule has 1 aliphatic heterocycles. The van der Waals surface area contributed by atoms with Gasteiger partial charge in [0.2, 0.25) is 5.91 Å². The summed E-state index contributed by atoms with van der Waals surface area (Å²) in [5.41, 5.74) is 8.58. The second-order valence-electron chi connectivity index (χ2n) is 7.73. The molecule has 1 fully saturated rings. The molecule has 150 valence electrons. The van der Waals surface area contributed by atoms with Crippen LogP contribution in [0.15, 0.2) is 24.4 Å². The minimum absolute atomic E-state index is 0.0126. The van der Waals surface area contributed by atoms with Gasteiger partial charge < -0.3 is 20.5 Å².